The summed E-state index contributed by atoms with van der Waals surface area (Å²) in [6, 6.07) is -0.281. The van der Waals surface area contributed by atoms with Crippen molar-refractivity contribution in [3.8, 4) is 0 Å². The smallest absolute Gasteiger partial charge is 0.329 e. The van der Waals surface area contributed by atoms with Crippen molar-refractivity contribution in [1.29, 1.82) is 0 Å². The lowest BCUT2D eigenvalue weighted by Gasteiger charge is -2.39. The highest BCUT2D eigenvalue weighted by molar-refractivity contribution is 5.86. The maximum atomic E-state index is 12.4. The van der Waals surface area contributed by atoms with E-state index in [0.717, 1.165) is 19.3 Å². The monoisotopic (exact) mass is 284 g/mol. The fraction of sp³-hybridized carbons (Fsp3) is 0.857. The molecule has 2 aliphatic rings. The maximum Gasteiger partial charge on any atom is 0.329 e. The maximum absolute atomic E-state index is 12.4. The lowest BCUT2D eigenvalue weighted by molar-refractivity contribution is -0.146. The molecule has 0 aromatic heterocycles. The molecule has 114 valence electrons. The summed E-state index contributed by atoms with van der Waals surface area (Å²) in [4.78, 5) is 25.6. The minimum atomic E-state index is -1.08. The van der Waals surface area contributed by atoms with Crippen LogP contribution in [0.25, 0.3) is 0 Å². The van der Waals surface area contributed by atoms with Crippen molar-refractivity contribution < 1.29 is 19.4 Å². The number of amides is 2. The van der Waals surface area contributed by atoms with Crippen LogP contribution >= 0.6 is 0 Å². The van der Waals surface area contributed by atoms with Crippen molar-refractivity contribution in [3.05, 3.63) is 0 Å². The molecule has 2 unspecified atom stereocenters. The Morgan fingerprint density at radius 1 is 1.15 bits per heavy atom. The number of ether oxygens (including phenoxy) is 1. The number of hydrogen-bond acceptors (Lipinski definition) is 3. The number of rotatable bonds is 2. The van der Waals surface area contributed by atoms with E-state index in [1.165, 1.54) is 0 Å². The van der Waals surface area contributed by atoms with Gasteiger partial charge in [-0.05, 0) is 26.7 Å². The molecule has 6 nitrogen and oxygen atoms in total. The topological polar surface area (TPSA) is 78.9 Å². The molecule has 2 rings (SSSR count). The van der Waals surface area contributed by atoms with Crippen molar-refractivity contribution in [2.75, 3.05) is 13.1 Å². The molecule has 2 amide bonds. The third-order valence-corrected chi connectivity index (χ3v) is 4.17. The number of carbonyl (C=O) groups excluding carboxylic acids is 1. The summed E-state index contributed by atoms with van der Waals surface area (Å²) in [5.41, 5.74) is -1.08. The fourth-order valence-electron chi connectivity index (χ4n) is 3.18. The highest BCUT2D eigenvalue weighted by Crippen LogP contribution is 2.29. The van der Waals surface area contributed by atoms with Crippen molar-refractivity contribution in [2.24, 2.45) is 0 Å². The average molecular weight is 284 g/mol. The summed E-state index contributed by atoms with van der Waals surface area (Å²) in [5.74, 6) is -0.917. The van der Waals surface area contributed by atoms with Crippen LogP contribution in [-0.2, 0) is 9.53 Å². The zero-order valence-corrected chi connectivity index (χ0v) is 12.2. The standard InChI is InChI=1S/C14H24N2O4/c1-10-8-16(9-11(2)20-10)13(19)15-14(12(17)18)6-4-3-5-7-14/h10-11H,3-9H2,1-2H3,(H,15,19)(H,17,18). The van der Waals surface area contributed by atoms with Crippen molar-refractivity contribution in [1.82, 2.24) is 10.2 Å². The molecule has 1 saturated heterocycles. The van der Waals surface area contributed by atoms with Crippen LogP contribution in [0, 0.1) is 0 Å². The van der Waals surface area contributed by atoms with Crippen LogP contribution in [-0.4, -0.2) is 52.8 Å². The van der Waals surface area contributed by atoms with Crippen LogP contribution in [0.5, 0.6) is 0 Å². The molecule has 2 N–H and O–H groups in total. The van der Waals surface area contributed by atoms with Gasteiger partial charge in [0, 0.05) is 13.1 Å². The number of nitrogens with zero attached hydrogens (tertiary/aromatic N) is 1. The van der Waals surface area contributed by atoms with Gasteiger partial charge in [-0.25, -0.2) is 9.59 Å². The Balaban J connectivity index is 2.03. The quantitative estimate of drug-likeness (QED) is 0.807. The van der Waals surface area contributed by atoms with E-state index in [-0.39, 0.29) is 18.2 Å². The Labute approximate surface area is 119 Å². The average Bonchev–Trinajstić information content (AvgIpc) is 2.38. The summed E-state index contributed by atoms with van der Waals surface area (Å²) in [7, 11) is 0. The molecule has 1 heterocycles. The lowest BCUT2D eigenvalue weighted by atomic mass is 9.82. The molecule has 20 heavy (non-hydrogen) atoms. The summed E-state index contributed by atoms with van der Waals surface area (Å²) in [5, 5.41) is 12.3. The van der Waals surface area contributed by atoms with E-state index in [4.69, 9.17) is 4.74 Å². The molecule has 0 radical (unpaired) electrons. The fourth-order valence-corrected chi connectivity index (χ4v) is 3.18. The van der Waals surface area contributed by atoms with Crippen LogP contribution in [0.2, 0.25) is 0 Å². The zero-order valence-electron chi connectivity index (χ0n) is 12.2. The lowest BCUT2D eigenvalue weighted by Crippen LogP contribution is -2.61. The van der Waals surface area contributed by atoms with Crippen molar-refractivity contribution in [3.63, 3.8) is 0 Å². The Kier molecular flexibility index (Phi) is 4.52. The second-order valence-electron chi connectivity index (χ2n) is 6.04. The van der Waals surface area contributed by atoms with E-state index in [1.807, 2.05) is 13.8 Å². The molecule has 2 atom stereocenters. The van der Waals surface area contributed by atoms with E-state index in [9.17, 15) is 14.7 Å². The molecule has 1 aliphatic carbocycles. The molecule has 0 spiro atoms. The molecular formula is C14H24N2O4. The summed E-state index contributed by atoms with van der Waals surface area (Å²) < 4.78 is 5.59. The Morgan fingerprint density at radius 3 is 2.20 bits per heavy atom. The second-order valence-corrected chi connectivity index (χ2v) is 6.04. The predicted molar refractivity (Wildman–Crippen MR) is 73.6 cm³/mol. The minimum absolute atomic E-state index is 0.0170. The SMILES string of the molecule is CC1CN(C(=O)NC2(C(=O)O)CCCCC2)CC(C)O1. The molecule has 0 aromatic carbocycles. The van der Waals surface area contributed by atoms with Crippen LogP contribution in [0.1, 0.15) is 46.0 Å². The third-order valence-electron chi connectivity index (χ3n) is 4.17. The summed E-state index contributed by atoms with van der Waals surface area (Å²) >= 11 is 0. The molecule has 0 aromatic rings. The molecule has 1 saturated carbocycles. The largest absolute Gasteiger partial charge is 0.480 e. The van der Waals surface area contributed by atoms with Gasteiger partial charge in [-0.3, -0.25) is 0 Å². The van der Waals surface area contributed by atoms with E-state index in [1.54, 1.807) is 4.90 Å². The first-order valence-corrected chi connectivity index (χ1v) is 7.39. The van der Waals surface area contributed by atoms with Crippen LogP contribution in [0.4, 0.5) is 4.79 Å². The molecular weight excluding hydrogens is 260 g/mol. The van der Waals surface area contributed by atoms with Gasteiger partial charge in [0.25, 0.3) is 0 Å². The van der Waals surface area contributed by atoms with Crippen molar-refractivity contribution in [2.45, 2.75) is 63.7 Å². The third kappa shape index (κ3) is 3.23. The number of carboxylic acids is 1. The van der Waals surface area contributed by atoms with E-state index >= 15 is 0 Å². The number of hydrogen-bond donors (Lipinski definition) is 2. The summed E-state index contributed by atoms with van der Waals surface area (Å²) in [6.07, 6.45) is 3.74. The van der Waals surface area contributed by atoms with E-state index < -0.39 is 11.5 Å². The number of urea groups is 1. The second kappa shape index (κ2) is 5.99. The van der Waals surface area contributed by atoms with E-state index in [0.29, 0.717) is 25.9 Å². The number of nitrogens with one attached hydrogen (secondary N) is 1. The van der Waals surface area contributed by atoms with E-state index in [2.05, 4.69) is 5.32 Å². The van der Waals surface area contributed by atoms with Gasteiger partial charge in [-0.1, -0.05) is 19.3 Å². The number of carbonyl (C=O) groups is 2. The minimum Gasteiger partial charge on any atom is -0.480 e. The van der Waals surface area contributed by atoms with Crippen LogP contribution in [0.15, 0.2) is 0 Å². The molecule has 0 bridgehead atoms. The van der Waals surface area contributed by atoms with Gasteiger partial charge in [0.15, 0.2) is 0 Å². The van der Waals surface area contributed by atoms with Crippen molar-refractivity contribution >= 4 is 12.0 Å². The van der Waals surface area contributed by atoms with Gasteiger partial charge < -0.3 is 20.1 Å². The van der Waals surface area contributed by atoms with Gasteiger partial charge in [-0.15, -0.1) is 0 Å². The van der Waals surface area contributed by atoms with Crippen LogP contribution in [0.3, 0.4) is 0 Å². The van der Waals surface area contributed by atoms with Gasteiger partial charge >= 0.3 is 12.0 Å². The van der Waals surface area contributed by atoms with Crippen LogP contribution < -0.4 is 5.32 Å². The summed E-state index contributed by atoms with van der Waals surface area (Å²) in [6.45, 7) is 4.85. The first-order valence-electron chi connectivity index (χ1n) is 7.39. The molecule has 2 fully saturated rings. The number of morpholine rings is 1. The van der Waals surface area contributed by atoms with Gasteiger partial charge in [0.1, 0.15) is 5.54 Å². The molecule has 6 heteroatoms. The Bertz CT molecular complexity index is 369. The molecule has 1 aliphatic heterocycles. The van der Waals surface area contributed by atoms with Gasteiger partial charge in [0.2, 0.25) is 0 Å². The first kappa shape index (κ1) is 15.1. The number of aliphatic carboxylic acids is 1. The predicted octanol–water partition coefficient (Wildman–Crippen LogP) is 1.59. The Morgan fingerprint density at radius 2 is 1.70 bits per heavy atom. The normalized spacial score (nSPS) is 29.8. The zero-order chi connectivity index (χ0) is 14.8. The first-order chi connectivity index (χ1) is 9.43. The Hall–Kier alpha value is -1.30. The highest BCUT2D eigenvalue weighted by Gasteiger charge is 2.42. The number of carboxylic acid groups (broad SMARTS) is 1. The van der Waals surface area contributed by atoms with Gasteiger partial charge in [-0.2, -0.15) is 0 Å². The highest BCUT2D eigenvalue weighted by atomic mass is 16.5. The van der Waals surface area contributed by atoms with Gasteiger partial charge in [0.05, 0.1) is 12.2 Å².